The first kappa shape index (κ1) is 15.8. The average Bonchev–Trinajstić information content (AvgIpc) is 2.94. The summed E-state index contributed by atoms with van der Waals surface area (Å²) in [6.07, 6.45) is 3.34. The van der Waals surface area contributed by atoms with E-state index in [1.54, 1.807) is 0 Å². The van der Waals surface area contributed by atoms with Crippen molar-refractivity contribution in [2.45, 2.75) is 44.7 Å². The highest BCUT2D eigenvalue weighted by molar-refractivity contribution is 5.20. The lowest BCUT2D eigenvalue weighted by Crippen LogP contribution is -2.39. The summed E-state index contributed by atoms with van der Waals surface area (Å²) >= 11 is 0. The molecule has 2 aliphatic heterocycles. The van der Waals surface area contributed by atoms with E-state index < -0.39 is 0 Å². The number of aryl methyl sites for hydroxylation is 1. The molecule has 2 unspecified atom stereocenters. The SMILES string of the molecule is CC(c1nnc2n1CCC(c1ccccc1)CC2)N1CCOCC1. The largest absolute Gasteiger partial charge is 0.379 e. The van der Waals surface area contributed by atoms with Crippen molar-refractivity contribution in [1.82, 2.24) is 19.7 Å². The minimum absolute atomic E-state index is 0.309. The minimum atomic E-state index is 0.309. The maximum atomic E-state index is 5.48. The zero-order valence-electron chi connectivity index (χ0n) is 14.4. The third-order valence-electron chi connectivity index (χ3n) is 5.51. The van der Waals surface area contributed by atoms with Gasteiger partial charge in [0.2, 0.25) is 0 Å². The average molecular weight is 326 g/mol. The Morgan fingerprint density at radius 3 is 2.62 bits per heavy atom. The van der Waals surface area contributed by atoms with Crippen molar-refractivity contribution in [1.29, 1.82) is 0 Å². The summed E-state index contributed by atoms with van der Waals surface area (Å²) in [7, 11) is 0. The molecule has 2 aromatic rings. The van der Waals surface area contributed by atoms with Crippen molar-refractivity contribution in [2.24, 2.45) is 0 Å². The fourth-order valence-electron chi connectivity index (χ4n) is 4.01. The van der Waals surface area contributed by atoms with Gasteiger partial charge < -0.3 is 9.30 Å². The van der Waals surface area contributed by atoms with Crippen LogP contribution in [0.2, 0.25) is 0 Å². The summed E-state index contributed by atoms with van der Waals surface area (Å²) in [6, 6.07) is 11.2. The van der Waals surface area contributed by atoms with Crippen molar-refractivity contribution in [2.75, 3.05) is 26.3 Å². The molecule has 4 rings (SSSR count). The molecule has 1 saturated heterocycles. The van der Waals surface area contributed by atoms with E-state index in [1.807, 2.05) is 0 Å². The molecule has 0 radical (unpaired) electrons. The van der Waals surface area contributed by atoms with Crippen LogP contribution in [0, 0.1) is 0 Å². The van der Waals surface area contributed by atoms with Crippen LogP contribution in [0.1, 0.15) is 48.9 Å². The van der Waals surface area contributed by atoms with Crippen LogP contribution in [0.25, 0.3) is 0 Å². The number of aromatic nitrogens is 3. The standard InChI is InChI=1S/C19H26N4O/c1-15(22-11-13-24-14-12-22)19-21-20-18-8-7-17(9-10-23(18)19)16-5-3-2-4-6-16/h2-6,15,17H,7-14H2,1H3. The highest BCUT2D eigenvalue weighted by Gasteiger charge is 2.27. The van der Waals surface area contributed by atoms with Gasteiger partial charge in [-0.1, -0.05) is 30.3 Å². The zero-order valence-corrected chi connectivity index (χ0v) is 14.4. The fraction of sp³-hybridized carbons (Fsp3) is 0.579. The predicted molar refractivity (Wildman–Crippen MR) is 93.0 cm³/mol. The van der Waals surface area contributed by atoms with Gasteiger partial charge in [-0.05, 0) is 31.2 Å². The van der Waals surface area contributed by atoms with Crippen molar-refractivity contribution in [3.05, 3.63) is 47.5 Å². The highest BCUT2D eigenvalue weighted by Crippen LogP contribution is 2.30. The van der Waals surface area contributed by atoms with Crippen molar-refractivity contribution < 1.29 is 4.74 Å². The summed E-state index contributed by atoms with van der Waals surface area (Å²) < 4.78 is 7.86. The number of rotatable bonds is 3. The quantitative estimate of drug-likeness (QED) is 0.870. The number of morpholine rings is 1. The number of hydrogen-bond donors (Lipinski definition) is 0. The molecular weight excluding hydrogens is 300 g/mol. The maximum Gasteiger partial charge on any atom is 0.150 e. The molecule has 0 spiro atoms. The summed E-state index contributed by atoms with van der Waals surface area (Å²) in [5.74, 6) is 2.91. The molecule has 0 aliphatic carbocycles. The van der Waals surface area contributed by atoms with E-state index in [0.717, 1.165) is 63.8 Å². The van der Waals surface area contributed by atoms with Gasteiger partial charge in [-0.2, -0.15) is 0 Å². The zero-order chi connectivity index (χ0) is 16.4. The monoisotopic (exact) mass is 326 g/mol. The van der Waals surface area contributed by atoms with Crippen LogP contribution in [0.4, 0.5) is 0 Å². The number of nitrogens with zero attached hydrogens (tertiary/aromatic N) is 4. The van der Waals surface area contributed by atoms with Gasteiger partial charge >= 0.3 is 0 Å². The second-order valence-electron chi connectivity index (χ2n) is 6.89. The van der Waals surface area contributed by atoms with Crippen LogP contribution in [0.3, 0.4) is 0 Å². The van der Waals surface area contributed by atoms with Gasteiger partial charge in [-0.15, -0.1) is 10.2 Å². The van der Waals surface area contributed by atoms with Crippen LogP contribution in [-0.4, -0.2) is 46.0 Å². The maximum absolute atomic E-state index is 5.48. The first-order valence-corrected chi connectivity index (χ1v) is 9.11. The third kappa shape index (κ3) is 3.10. The Morgan fingerprint density at radius 1 is 1.04 bits per heavy atom. The molecule has 5 heteroatoms. The minimum Gasteiger partial charge on any atom is -0.379 e. The molecule has 0 N–H and O–H groups in total. The van der Waals surface area contributed by atoms with Gasteiger partial charge in [-0.25, -0.2) is 0 Å². The van der Waals surface area contributed by atoms with Gasteiger partial charge in [0.15, 0.2) is 0 Å². The van der Waals surface area contributed by atoms with Crippen LogP contribution >= 0.6 is 0 Å². The first-order chi connectivity index (χ1) is 11.8. The van der Waals surface area contributed by atoms with Crippen LogP contribution in [0.5, 0.6) is 0 Å². The Hall–Kier alpha value is -1.72. The first-order valence-electron chi connectivity index (χ1n) is 9.11. The van der Waals surface area contributed by atoms with Gasteiger partial charge in [0.05, 0.1) is 19.3 Å². The normalized spacial score (nSPS) is 23.5. The molecular formula is C19H26N4O. The van der Waals surface area contributed by atoms with E-state index in [9.17, 15) is 0 Å². The van der Waals surface area contributed by atoms with Crippen LogP contribution in [0.15, 0.2) is 30.3 Å². The Morgan fingerprint density at radius 2 is 1.83 bits per heavy atom. The Bertz CT molecular complexity index is 663. The smallest absolute Gasteiger partial charge is 0.150 e. The second-order valence-corrected chi connectivity index (χ2v) is 6.89. The molecule has 1 fully saturated rings. The van der Waals surface area contributed by atoms with E-state index >= 15 is 0 Å². The second kappa shape index (κ2) is 7.03. The van der Waals surface area contributed by atoms with Crippen LogP contribution < -0.4 is 0 Å². The third-order valence-corrected chi connectivity index (χ3v) is 5.51. The lowest BCUT2D eigenvalue weighted by Gasteiger charge is -2.31. The summed E-state index contributed by atoms with van der Waals surface area (Å²) in [5.41, 5.74) is 1.46. The lowest BCUT2D eigenvalue weighted by atomic mass is 9.92. The lowest BCUT2D eigenvalue weighted by molar-refractivity contribution is 0.0174. The molecule has 2 atom stereocenters. The summed E-state index contributed by atoms with van der Waals surface area (Å²) in [4.78, 5) is 2.46. The van der Waals surface area contributed by atoms with E-state index in [-0.39, 0.29) is 0 Å². The number of hydrogen-bond acceptors (Lipinski definition) is 4. The van der Waals surface area contributed by atoms with Gasteiger partial charge in [0.1, 0.15) is 11.6 Å². The van der Waals surface area contributed by atoms with Gasteiger partial charge in [0.25, 0.3) is 0 Å². The summed E-state index contributed by atoms with van der Waals surface area (Å²) in [6.45, 7) is 6.88. The predicted octanol–water partition coefficient (Wildman–Crippen LogP) is 2.79. The summed E-state index contributed by atoms with van der Waals surface area (Å²) in [5, 5.41) is 9.06. The molecule has 1 aromatic carbocycles. The molecule has 1 aromatic heterocycles. The van der Waals surface area contributed by atoms with E-state index in [2.05, 4.69) is 56.9 Å². The topological polar surface area (TPSA) is 43.2 Å². The van der Waals surface area contributed by atoms with Crippen molar-refractivity contribution in [3.63, 3.8) is 0 Å². The molecule has 128 valence electrons. The molecule has 2 aliphatic rings. The van der Waals surface area contributed by atoms with E-state index in [1.165, 1.54) is 5.56 Å². The Balaban J connectivity index is 1.51. The number of benzene rings is 1. The molecule has 5 nitrogen and oxygen atoms in total. The number of ether oxygens (including phenoxy) is 1. The van der Waals surface area contributed by atoms with Gasteiger partial charge in [-0.3, -0.25) is 4.90 Å². The Kier molecular flexibility index (Phi) is 4.63. The Labute approximate surface area is 143 Å². The van der Waals surface area contributed by atoms with E-state index in [4.69, 9.17) is 4.74 Å². The van der Waals surface area contributed by atoms with Crippen molar-refractivity contribution in [3.8, 4) is 0 Å². The molecule has 0 saturated carbocycles. The fourth-order valence-corrected chi connectivity index (χ4v) is 4.01. The highest BCUT2D eigenvalue weighted by atomic mass is 16.5. The molecule has 0 bridgehead atoms. The van der Waals surface area contributed by atoms with Crippen LogP contribution in [-0.2, 0) is 17.7 Å². The molecule has 0 amide bonds. The van der Waals surface area contributed by atoms with Gasteiger partial charge in [0, 0.05) is 26.1 Å². The molecule has 24 heavy (non-hydrogen) atoms. The van der Waals surface area contributed by atoms with E-state index in [0.29, 0.717) is 12.0 Å². The number of fused-ring (bicyclic) bond motifs is 1. The van der Waals surface area contributed by atoms with Crippen molar-refractivity contribution >= 4 is 0 Å². The molecule has 3 heterocycles.